The normalized spacial score (nSPS) is 18.7. The molecule has 0 saturated carbocycles. The van der Waals surface area contributed by atoms with E-state index in [9.17, 15) is 4.79 Å². The van der Waals surface area contributed by atoms with Gasteiger partial charge in [0.2, 0.25) is 0 Å². The molecular formula is C22H20O3. The third kappa shape index (κ3) is 2.76. The molecule has 0 saturated heterocycles. The van der Waals surface area contributed by atoms with Crippen molar-refractivity contribution < 1.29 is 9.15 Å². The lowest BCUT2D eigenvalue weighted by Crippen LogP contribution is -2.27. The van der Waals surface area contributed by atoms with E-state index in [1.807, 2.05) is 36.4 Å². The average Bonchev–Trinajstić information content (AvgIpc) is 2.91. The first-order valence-corrected chi connectivity index (χ1v) is 8.45. The van der Waals surface area contributed by atoms with Gasteiger partial charge < -0.3 is 9.15 Å². The van der Waals surface area contributed by atoms with Gasteiger partial charge in [-0.05, 0) is 39.0 Å². The third-order valence-corrected chi connectivity index (χ3v) is 4.48. The van der Waals surface area contributed by atoms with Crippen molar-refractivity contribution in [3.05, 3.63) is 76.0 Å². The Morgan fingerprint density at radius 2 is 1.88 bits per heavy atom. The molecule has 0 unspecified atom stereocenters. The number of hydrogen-bond donors (Lipinski definition) is 0. The van der Waals surface area contributed by atoms with Gasteiger partial charge in [-0.1, -0.05) is 35.9 Å². The topological polar surface area (TPSA) is 39.4 Å². The first kappa shape index (κ1) is 15.7. The molecule has 0 bridgehead atoms. The van der Waals surface area contributed by atoms with Crippen molar-refractivity contribution in [2.45, 2.75) is 32.8 Å². The van der Waals surface area contributed by atoms with Gasteiger partial charge in [-0.25, -0.2) is 0 Å². The second-order valence-electron chi connectivity index (χ2n) is 7.07. The Morgan fingerprint density at radius 3 is 2.60 bits per heavy atom. The van der Waals surface area contributed by atoms with E-state index in [-0.39, 0.29) is 5.43 Å². The molecular weight excluding hydrogens is 312 g/mol. The summed E-state index contributed by atoms with van der Waals surface area (Å²) in [6.45, 7) is 6.18. The van der Waals surface area contributed by atoms with E-state index in [1.165, 1.54) is 5.57 Å². The molecule has 0 radical (unpaired) electrons. The molecule has 0 fully saturated rings. The zero-order valence-corrected chi connectivity index (χ0v) is 14.6. The molecule has 3 aromatic rings. The standard InChI is InChI=1S/C22H20O3/c1-14(2)12-22(3)13-17-19(25-22)10-9-16-18(23)11-20(24-21(16)17)15-7-5-4-6-8-15/h4-12H,13H2,1-3H3/t22-/m1/s1. The van der Waals surface area contributed by atoms with Gasteiger partial charge in [0.1, 0.15) is 22.7 Å². The maximum Gasteiger partial charge on any atom is 0.193 e. The molecule has 1 aliphatic rings. The summed E-state index contributed by atoms with van der Waals surface area (Å²) >= 11 is 0. The summed E-state index contributed by atoms with van der Waals surface area (Å²) < 4.78 is 12.3. The molecule has 126 valence electrons. The van der Waals surface area contributed by atoms with Crippen molar-refractivity contribution in [1.82, 2.24) is 0 Å². The fourth-order valence-corrected chi connectivity index (χ4v) is 3.59. The van der Waals surface area contributed by atoms with E-state index in [1.54, 1.807) is 12.1 Å². The van der Waals surface area contributed by atoms with Crippen molar-refractivity contribution in [2.24, 2.45) is 0 Å². The predicted octanol–water partition coefficient (Wildman–Crippen LogP) is 5.12. The largest absolute Gasteiger partial charge is 0.483 e. The van der Waals surface area contributed by atoms with Gasteiger partial charge in [0.15, 0.2) is 5.43 Å². The van der Waals surface area contributed by atoms with Crippen LogP contribution < -0.4 is 10.2 Å². The van der Waals surface area contributed by atoms with Crippen LogP contribution in [0.25, 0.3) is 22.3 Å². The van der Waals surface area contributed by atoms with Crippen molar-refractivity contribution in [3.63, 3.8) is 0 Å². The number of benzene rings is 2. The maximum absolute atomic E-state index is 12.6. The van der Waals surface area contributed by atoms with Gasteiger partial charge in [-0.15, -0.1) is 0 Å². The minimum absolute atomic E-state index is 0.0290. The lowest BCUT2D eigenvalue weighted by atomic mass is 9.96. The van der Waals surface area contributed by atoms with E-state index >= 15 is 0 Å². The molecule has 0 amide bonds. The van der Waals surface area contributed by atoms with Gasteiger partial charge in [-0.2, -0.15) is 0 Å². The van der Waals surface area contributed by atoms with Crippen molar-refractivity contribution in [1.29, 1.82) is 0 Å². The zero-order chi connectivity index (χ0) is 17.6. The second-order valence-corrected chi connectivity index (χ2v) is 7.07. The summed E-state index contributed by atoms with van der Waals surface area (Å²) in [5.41, 5.74) is 3.26. The van der Waals surface area contributed by atoms with Crippen LogP contribution in [-0.4, -0.2) is 5.60 Å². The quantitative estimate of drug-likeness (QED) is 0.611. The molecule has 3 heteroatoms. The number of rotatable bonds is 2. The van der Waals surface area contributed by atoms with Gasteiger partial charge in [0.05, 0.1) is 5.39 Å². The van der Waals surface area contributed by atoms with Gasteiger partial charge in [-0.3, -0.25) is 4.79 Å². The third-order valence-electron chi connectivity index (χ3n) is 4.48. The van der Waals surface area contributed by atoms with Crippen LogP contribution in [0.1, 0.15) is 26.3 Å². The minimum atomic E-state index is -0.406. The molecule has 2 heterocycles. The molecule has 0 spiro atoms. The van der Waals surface area contributed by atoms with Gasteiger partial charge in [0.25, 0.3) is 0 Å². The maximum atomic E-state index is 12.6. The van der Waals surface area contributed by atoms with Crippen LogP contribution in [0.3, 0.4) is 0 Å². The highest BCUT2D eigenvalue weighted by Gasteiger charge is 2.35. The highest BCUT2D eigenvalue weighted by molar-refractivity contribution is 5.84. The SMILES string of the molecule is CC(C)=C[C@]1(C)Cc2c(ccc3c(=O)cc(-c4ccccc4)oc23)O1. The van der Waals surface area contributed by atoms with E-state index in [2.05, 4.69) is 26.8 Å². The van der Waals surface area contributed by atoms with E-state index in [0.29, 0.717) is 23.2 Å². The first-order chi connectivity index (χ1) is 12.0. The van der Waals surface area contributed by atoms with Crippen LogP contribution in [0.2, 0.25) is 0 Å². The van der Waals surface area contributed by atoms with Crippen molar-refractivity contribution in [2.75, 3.05) is 0 Å². The molecule has 0 N–H and O–H groups in total. The number of allylic oxidation sites excluding steroid dienone is 1. The Balaban J connectivity index is 1.92. The fourth-order valence-electron chi connectivity index (χ4n) is 3.59. The number of ether oxygens (including phenoxy) is 1. The zero-order valence-electron chi connectivity index (χ0n) is 14.6. The van der Waals surface area contributed by atoms with Gasteiger partial charge in [0, 0.05) is 23.6 Å². The van der Waals surface area contributed by atoms with Crippen LogP contribution in [0, 0.1) is 0 Å². The Kier molecular flexibility index (Phi) is 3.53. The van der Waals surface area contributed by atoms with E-state index in [4.69, 9.17) is 9.15 Å². The molecule has 1 aromatic heterocycles. The molecule has 1 aliphatic heterocycles. The molecule has 25 heavy (non-hydrogen) atoms. The highest BCUT2D eigenvalue weighted by atomic mass is 16.5. The average molecular weight is 332 g/mol. The smallest absolute Gasteiger partial charge is 0.193 e. The summed E-state index contributed by atoms with van der Waals surface area (Å²) in [6.07, 6.45) is 2.81. The lowest BCUT2D eigenvalue weighted by molar-refractivity contribution is 0.170. The molecule has 4 rings (SSSR count). The lowest BCUT2D eigenvalue weighted by Gasteiger charge is -2.20. The summed E-state index contributed by atoms with van der Waals surface area (Å²) in [7, 11) is 0. The Bertz CT molecular complexity index is 1040. The van der Waals surface area contributed by atoms with Crippen molar-refractivity contribution in [3.8, 4) is 17.1 Å². The Hall–Kier alpha value is -2.81. The van der Waals surface area contributed by atoms with Crippen LogP contribution in [-0.2, 0) is 6.42 Å². The van der Waals surface area contributed by atoms with Crippen LogP contribution in [0.4, 0.5) is 0 Å². The van der Waals surface area contributed by atoms with Crippen LogP contribution in [0.5, 0.6) is 5.75 Å². The molecule has 0 aliphatic carbocycles. The minimum Gasteiger partial charge on any atom is -0.483 e. The summed E-state index contributed by atoms with van der Waals surface area (Å²) in [5, 5.41) is 0.600. The number of fused-ring (bicyclic) bond motifs is 3. The van der Waals surface area contributed by atoms with Crippen LogP contribution in [0.15, 0.2) is 69.4 Å². The monoisotopic (exact) mass is 332 g/mol. The first-order valence-electron chi connectivity index (χ1n) is 8.45. The van der Waals surface area contributed by atoms with Crippen LogP contribution >= 0.6 is 0 Å². The highest BCUT2D eigenvalue weighted by Crippen LogP contribution is 2.40. The summed E-state index contributed by atoms with van der Waals surface area (Å²) in [4.78, 5) is 12.6. The second kappa shape index (κ2) is 5.62. The number of hydrogen-bond acceptors (Lipinski definition) is 3. The van der Waals surface area contributed by atoms with E-state index < -0.39 is 5.60 Å². The van der Waals surface area contributed by atoms with Crippen molar-refractivity contribution >= 4 is 11.0 Å². The Morgan fingerprint density at radius 1 is 1.12 bits per heavy atom. The van der Waals surface area contributed by atoms with E-state index in [0.717, 1.165) is 16.9 Å². The fraction of sp³-hybridized carbons (Fsp3) is 0.227. The van der Waals surface area contributed by atoms with Gasteiger partial charge >= 0.3 is 0 Å². The summed E-state index contributed by atoms with van der Waals surface area (Å²) in [5.74, 6) is 1.38. The molecule has 1 atom stereocenters. The Labute approximate surface area is 146 Å². The molecule has 2 aromatic carbocycles. The summed E-state index contributed by atoms with van der Waals surface area (Å²) in [6, 6.07) is 14.9. The predicted molar refractivity (Wildman–Crippen MR) is 100 cm³/mol. The molecule has 3 nitrogen and oxygen atoms in total.